The highest BCUT2D eigenvalue weighted by Crippen LogP contribution is 2.31. The van der Waals surface area contributed by atoms with Crippen LogP contribution in [0.25, 0.3) is 22.2 Å². The van der Waals surface area contributed by atoms with Crippen LogP contribution in [0.4, 0.5) is 10.3 Å². The van der Waals surface area contributed by atoms with Crippen LogP contribution in [0.3, 0.4) is 0 Å². The number of fused-ring (bicyclic) bond motifs is 1. The van der Waals surface area contributed by atoms with Crippen LogP contribution in [0, 0.1) is 5.82 Å². The van der Waals surface area contributed by atoms with Gasteiger partial charge in [0.25, 0.3) is 0 Å². The third-order valence-electron chi connectivity index (χ3n) is 4.85. The van der Waals surface area contributed by atoms with Crippen LogP contribution < -0.4 is 5.73 Å². The maximum atomic E-state index is 14.0. The molecule has 0 saturated carbocycles. The van der Waals surface area contributed by atoms with Gasteiger partial charge in [-0.3, -0.25) is 4.98 Å². The summed E-state index contributed by atoms with van der Waals surface area (Å²) in [6, 6.07) is 5.40. The Morgan fingerprint density at radius 2 is 1.90 bits per heavy atom. The average molecular weight is 398 g/mol. The minimum atomic E-state index is -0.532. The molecular weight excluding hydrogens is 371 g/mol. The van der Waals surface area contributed by atoms with E-state index in [-0.39, 0.29) is 24.2 Å². The molecule has 1 aliphatic heterocycles. The van der Waals surface area contributed by atoms with Crippen LogP contribution in [0.15, 0.2) is 30.6 Å². The second-order valence-electron chi connectivity index (χ2n) is 7.34. The Labute approximate surface area is 170 Å². The molecule has 0 bridgehead atoms. The molecule has 1 aliphatic rings. The predicted octanol–water partition coefficient (Wildman–Crippen LogP) is 4.22. The standard InChI is InChI=1S/C17H17FN4O.C5H10O/c1-9(2)15-11(8-23)6-20-14-4-3-10(5-12(14)15)16-13(18)7-21-17(19)22-16;1-2-4-6-5-3-1/h3-7,9,23H,8H2,1-2H3,(H2,19,21,22);1-5H2. The quantitative estimate of drug-likeness (QED) is 0.686. The van der Waals surface area contributed by atoms with E-state index in [0.29, 0.717) is 5.56 Å². The maximum Gasteiger partial charge on any atom is 0.220 e. The second kappa shape index (κ2) is 9.71. The van der Waals surface area contributed by atoms with E-state index >= 15 is 0 Å². The summed E-state index contributed by atoms with van der Waals surface area (Å²) in [5.41, 5.74) is 8.88. The Morgan fingerprint density at radius 3 is 2.48 bits per heavy atom. The van der Waals surface area contributed by atoms with E-state index < -0.39 is 5.82 Å². The van der Waals surface area contributed by atoms with Crippen LogP contribution in [-0.4, -0.2) is 33.3 Å². The van der Waals surface area contributed by atoms with Gasteiger partial charge in [0.2, 0.25) is 5.95 Å². The number of hydrogen-bond acceptors (Lipinski definition) is 6. The van der Waals surface area contributed by atoms with Crippen LogP contribution in [0.5, 0.6) is 0 Å². The highest BCUT2D eigenvalue weighted by Gasteiger charge is 2.15. The van der Waals surface area contributed by atoms with Gasteiger partial charge in [0, 0.05) is 30.4 Å². The molecule has 3 N–H and O–H groups in total. The summed E-state index contributed by atoms with van der Waals surface area (Å²) in [6.07, 6.45) is 6.67. The van der Waals surface area contributed by atoms with E-state index in [2.05, 4.69) is 15.0 Å². The predicted molar refractivity (Wildman–Crippen MR) is 112 cm³/mol. The summed E-state index contributed by atoms with van der Waals surface area (Å²) in [4.78, 5) is 12.0. The van der Waals surface area contributed by atoms with E-state index in [4.69, 9.17) is 10.5 Å². The van der Waals surface area contributed by atoms with Gasteiger partial charge in [0.1, 0.15) is 5.69 Å². The first-order chi connectivity index (χ1) is 14.0. The molecule has 0 atom stereocenters. The Kier molecular flexibility index (Phi) is 7.06. The highest BCUT2D eigenvalue weighted by molar-refractivity contribution is 5.88. The van der Waals surface area contributed by atoms with Crippen molar-refractivity contribution in [3.05, 3.63) is 47.5 Å². The normalized spacial score (nSPS) is 14.0. The van der Waals surface area contributed by atoms with Gasteiger partial charge in [-0.2, -0.15) is 0 Å². The molecular formula is C22H27FN4O2. The second-order valence-corrected chi connectivity index (χ2v) is 7.34. The monoisotopic (exact) mass is 398 g/mol. The molecule has 0 spiro atoms. The molecule has 4 rings (SSSR count). The fourth-order valence-corrected chi connectivity index (χ4v) is 3.48. The van der Waals surface area contributed by atoms with Gasteiger partial charge in [-0.1, -0.05) is 19.9 Å². The first kappa shape index (κ1) is 21.1. The molecule has 0 amide bonds. The van der Waals surface area contributed by atoms with Crippen molar-refractivity contribution in [2.75, 3.05) is 18.9 Å². The van der Waals surface area contributed by atoms with E-state index in [9.17, 15) is 9.50 Å². The Balaban J connectivity index is 0.000000343. The smallest absolute Gasteiger partial charge is 0.220 e. The number of pyridine rings is 1. The van der Waals surface area contributed by atoms with Crippen molar-refractivity contribution in [1.29, 1.82) is 0 Å². The number of nitrogens with two attached hydrogens (primary N) is 1. The van der Waals surface area contributed by atoms with Gasteiger partial charge in [-0.05, 0) is 48.4 Å². The maximum absolute atomic E-state index is 14.0. The number of aliphatic hydroxyl groups is 1. The molecule has 154 valence electrons. The van der Waals surface area contributed by atoms with Crippen LogP contribution in [-0.2, 0) is 11.3 Å². The first-order valence-electron chi connectivity index (χ1n) is 9.89. The summed E-state index contributed by atoms with van der Waals surface area (Å²) in [6.45, 7) is 6.00. The molecule has 3 aromatic rings. The van der Waals surface area contributed by atoms with Gasteiger partial charge in [0.15, 0.2) is 5.82 Å². The van der Waals surface area contributed by atoms with E-state index in [1.807, 2.05) is 26.0 Å². The number of nitrogens with zero attached hydrogens (tertiary/aromatic N) is 3. The number of rotatable bonds is 3. The van der Waals surface area contributed by atoms with Crippen molar-refractivity contribution < 1.29 is 14.2 Å². The number of aliphatic hydroxyl groups excluding tert-OH is 1. The third-order valence-corrected chi connectivity index (χ3v) is 4.85. The molecule has 0 aliphatic carbocycles. The molecule has 6 nitrogen and oxygen atoms in total. The van der Waals surface area contributed by atoms with Crippen LogP contribution in [0.1, 0.15) is 50.2 Å². The van der Waals surface area contributed by atoms with Crippen molar-refractivity contribution in [2.45, 2.75) is 45.6 Å². The fourth-order valence-electron chi connectivity index (χ4n) is 3.48. The average Bonchev–Trinajstić information content (AvgIpc) is 2.75. The molecule has 7 heteroatoms. The van der Waals surface area contributed by atoms with E-state index in [0.717, 1.165) is 41.4 Å². The van der Waals surface area contributed by atoms with E-state index in [1.54, 1.807) is 12.3 Å². The summed E-state index contributed by atoms with van der Waals surface area (Å²) < 4.78 is 19.1. The van der Waals surface area contributed by atoms with Gasteiger partial charge in [-0.25, -0.2) is 14.4 Å². The van der Waals surface area contributed by atoms with Gasteiger partial charge in [-0.15, -0.1) is 0 Å². The number of aromatic nitrogens is 3. The Morgan fingerprint density at radius 1 is 1.14 bits per heavy atom. The fraction of sp³-hybridized carbons (Fsp3) is 0.409. The number of ether oxygens (including phenoxy) is 1. The van der Waals surface area contributed by atoms with Crippen molar-refractivity contribution >= 4 is 16.9 Å². The number of benzene rings is 1. The minimum Gasteiger partial charge on any atom is -0.392 e. The zero-order chi connectivity index (χ0) is 20.8. The number of hydrogen-bond donors (Lipinski definition) is 2. The Hall–Kier alpha value is -2.64. The molecule has 1 saturated heterocycles. The number of halogens is 1. The van der Waals surface area contributed by atoms with Gasteiger partial charge >= 0.3 is 0 Å². The SMILES string of the molecule is C1CCOCC1.CC(C)c1c(CO)cnc2ccc(-c3nc(N)ncc3F)cc12. The largest absolute Gasteiger partial charge is 0.392 e. The Bertz CT molecular complexity index is 963. The molecule has 1 aromatic carbocycles. The lowest BCUT2D eigenvalue weighted by Gasteiger charge is -2.15. The summed E-state index contributed by atoms with van der Waals surface area (Å²) in [5.74, 6) is -0.318. The van der Waals surface area contributed by atoms with E-state index in [1.165, 1.54) is 19.3 Å². The molecule has 0 unspecified atom stereocenters. The highest BCUT2D eigenvalue weighted by atomic mass is 19.1. The summed E-state index contributed by atoms with van der Waals surface area (Å²) in [7, 11) is 0. The molecule has 1 fully saturated rings. The lowest BCUT2D eigenvalue weighted by Crippen LogP contribution is -2.03. The number of anilines is 1. The topological polar surface area (TPSA) is 94.2 Å². The summed E-state index contributed by atoms with van der Waals surface area (Å²) >= 11 is 0. The third kappa shape index (κ3) is 5.05. The molecule has 2 aromatic heterocycles. The zero-order valence-electron chi connectivity index (χ0n) is 16.9. The van der Waals surface area contributed by atoms with Crippen molar-refractivity contribution in [2.24, 2.45) is 0 Å². The van der Waals surface area contributed by atoms with Crippen LogP contribution >= 0.6 is 0 Å². The molecule has 3 heterocycles. The van der Waals surface area contributed by atoms with Gasteiger partial charge in [0.05, 0.1) is 18.3 Å². The van der Waals surface area contributed by atoms with Gasteiger partial charge < -0.3 is 15.6 Å². The van der Waals surface area contributed by atoms with Crippen molar-refractivity contribution in [3.63, 3.8) is 0 Å². The number of nitrogen functional groups attached to an aromatic ring is 1. The first-order valence-corrected chi connectivity index (χ1v) is 9.89. The van der Waals surface area contributed by atoms with Crippen molar-refractivity contribution in [3.8, 4) is 11.3 Å². The zero-order valence-corrected chi connectivity index (χ0v) is 16.9. The lowest BCUT2D eigenvalue weighted by atomic mass is 9.93. The molecule has 29 heavy (non-hydrogen) atoms. The molecule has 0 radical (unpaired) electrons. The minimum absolute atomic E-state index is 0.0211. The van der Waals surface area contributed by atoms with Crippen molar-refractivity contribution in [1.82, 2.24) is 15.0 Å². The summed E-state index contributed by atoms with van der Waals surface area (Å²) in [5, 5.41) is 10.4. The lowest BCUT2D eigenvalue weighted by molar-refractivity contribution is 0.0968. The van der Waals surface area contributed by atoms with Crippen LogP contribution in [0.2, 0.25) is 0 Å².